The van der Waals surface area contributed by atoms with E-state index in [9.17, 15) is 15.0 Å². The van der Waals surface area contributed by atoms with Crippen LogP contribution in [0.15, 0.2) is 45.6 Å². The van der Waals surface area contributed by atoms with Gasteiger partial charge in [0.2, 0.25) is 0 Å². The summed E-state index contributed by atoms with van der Waals surface area (Å²) in [5.41, 5.74) is 0.952. The largest absolute Gasteiger partial charge is 0.508 e. The predicted molar refractivity (Wildman–Crippen MR) is 94.3 cm³/mol. The standard InChI is InChI=1S/C20H18O5/c1-20(2)8-7-13-16(25-20)10-17-18(19(13)23)14(22)9-15(24-17)11-3-5-12(21)6-4-11/h3-6,9-10,21,23H,7-8H2,1-2H3. The van der Waals surface area contributed by atoms with Crippen molar-refractivity contribution in [3.8, 4) is 28.6 Å². The summed E-state index contributed by atoms with van der Waals surface area (Å²) in [4.78, 5) is 12.6. The number of hydrogen-bond donors (Lipinski definition) is 2. The van der Waals surface area contributed by atoms with E-state index >= 15 is 0 Å². The Morgan fingerprint density at radius 3 is 2.52 bits per heavy atom. The highest BCUT2D eigenvalue weighted by atomic mass is 16.5. The molecule has 0 bridgehead atoms. The fraction of sp³-hybridized carbons (Fsp3) is 0.250. The fourth-order valence-electron chi connectivity index (χ4n) is 3.20. The molecule has 1 aliphatic rings. The average molecular weight is 338 g/mol. The molecule has 128 valence electrons. The molecule has 0 unspecified atom stereocenters. The molecular weight excluding hydrogens is 320 g/mol. The summed E-state index contributed by atoms with van der Waals surface area (Å²) < 4.78 is 11.8. The summed E-state index contributed by atoms with van der Waals surface area (Å²) >= 11 is 0. The molecule has 25 heavy (non-hydrogen) atoms. The molecule has 2 aromatic carbocycles. The molecule has 0 aliphatic carbocycles. The number of benzene rings is 2. The van der Waals surface area contributed by atoms with Gasteiger partial charge in [-0.05, 0) is 51.0 Å². The van der Waals surface area contributed by atoms with Crippen molar-refractivity contribution in [3.05, 3.63) is 52.2 Å². The second kappa shape index (κ2) is 5.28. The molecule has 3 aromatic rings. The third kappa shape index (κ3) is 2.61. The Morgan fingerprint density at radius 2 is 1.80 bits per heavy atom. The summed E-state index contributed by atoms with van der Waals surface area (Å²) in [7, 11) is 0. The number of hydrogen-bond acceptors (Lipinski definition) is 5. The second-order valence-corrected chi connectivity index (χ2v) is 6.96. The SMILES string of the molecule is CC1(C)CCc2c(cc3oc(-c4ccc(O)cc4)cc(=O)c3c2O)O1. The van der Waals surface area contributed by atoms with Crippen molar-refractivity contribution in [1.29, 1.82) is 0 Å². The van der Waals surface area contributed by atoms with Gasteiger partial charge in [0, 0.05) is 23.3 Å². The van der Waals surface area contributed by atoms with Gasteiger partial charge in [0.1, 0.15) is 39.6 Å². The highest BCUT2D eigenvalue weighted by molar-refractivity contribution is 5.88. The first-order chi connectivity index (χ1) is 11.8. The number of fused-ring (bicyclic) bond motifs is 2. The van der Waals surface area contributed by atoms with E-state index in [1.807, 2.05) is 13.8 Å². The van der Waals surface area contributed by atoms with Crippen LogP contribution in [-0.2, 0) is 6.42 Å². The maximum absolute atomic E-state index is 12.6. The monoisotopic (exact) mass is 338 g/mol. The lowest BCUT2D eigenvalue weighted by atomic mass is 9.92. The van der Waals surface area contributed by atoms with Crippen molar-refractivity contribution in [2.45, 2.75) is 32.3 Å². The molecule has 5 nitrogen and oxygen atoms in total. The number of aromatic hydroxyl groups is 2. The fourth-order valence-corrected chi connectivity index (χ4v) is 3.20. The van der Waals surface area contributed by atoms with Crippen LogP contribution in [0.25, 0.3) is 22.3 Å². The van der Waals surface area contributed by atoms with E-state index in [-0.39, 0.29) is 33.5 Å². The van der Waals surface area contributed by atoms with Gasteiger partial charge in [-0.3, -0.25) is 4.79 Å². The van der Waals surface area contributed by atoms with E-state index in [1.54, 1.807) is 18.2 Å². The first-order valence-electron chi connectivity index (χ1n) is 8.15. The molecule has 1 aliphatic heterocycles. The van der Waals surface area contributed by atoms with E-state index in [0.29, 0.717) is 29.1 Å². The van der Waals surface area contributed by atoms with E-state index in [4.69, 9.17) is 9.15 Å². The molecule has 5 heteroatoms. The highest BCUT2D eigenvalue weighted by Gasteiger charge is 2.30. The van der Waals surface area contributed by atoms with Crippen molar-refractivity contribution in [3.63, 3.8) is 0 Å². The summed E-state index contributed by atoms with van der Waals surface area (Å²) in [5, 5.41) is 20.1. The second-order valence-electron chi connectivity index (χ2n) is 6.96. The maximum Gasteiger partial charge on any atom is 0.197 e. The molecule has 2 heterocycles. The van der Waals surface area contributed by atoms with Gasteiger partial charge < -0.3 is 19.4 Å². The Labute approximate surface area is 144 Å². The predicted octanol–water partition coefficient (Wildman–Crippen LogP) is 3.97. The third-order valence-corrected chi connectivity index (χ3v) is 4.57. The molecule has 0 saturated heterocycles. The van der Waals surface area contributed by atoms with Gasteiger partial charge in [-0.1, -0.05) is 0 Å². The van der Waals surface area contributed by atoms with Crippen LogP contribution in [0, 0.1) is 0 Å². The molecule has 0 spiro atoms. The highest BCUT2D eigenvalue weighted by Crippen LogP contribution is 2.42. The number of phenols is 2. The van der Waals surface area contributed by atoms with Crippen LogP contribution < -0.4 is 10.2 Å². The normalized spacial score (nSPS) is 15.6. The van der Waals surface area contributed by atoms with Crippen molar-refractivity contribution in [1.82, 2.24) is 0 Å². The smallest absolute Gasteiger partial charge is 0.197 e. The zero-order valence-electron chi connectivity index (χ0n) is 14.0. The van der Waals surface area contributed by atoms with E-state index in [1.165, 1.54) is 18.2 Å². The van der Waals surface area contributed by atoms with Gasteiger partial charge in [0.05, 0.1) is 0 Å². The van der Waals surface area contributed by atoms with Crippen LogP contribution in [0.2, 0.25) is 0 Å². The Balaban J connectivity index is 1.94. The lowest BCUT2D eigenvalue weighted by Crippen LogP contribution is -2.32. The lowest BCUT2D eigenvalue weighted by molar-refractivity contribution is 0.0839. The Kier molecular flexibility index (Phi) is 3.29. The lowest BCUT2D eigenvalue weighted by Gasteiger charge is -2.32. The molecule has 0 saturated carbocycles. The minimum atomic E-state index is -0.331. The van der Waals surface area contributed by atoms with Gasteiger partial charge >= 0.3 is 0 Å². The Bertz CT molecular complexity index is 1030. The molecule has 1 aromatic heterocycles. The quantitative estimate of drug-likeness (QED) is 0.702. The van der Waals surface area contributed by atoms with Crippen LogP contribution in [0.3, 0.4) is 0 Å². The van der Waals surface area contributed by atoms with Crippen LogP contribution in [-0.4, -0.2) is 15.8 Å². The number of rotatable bonds is 1. The molecule has 0 amide bonds. The van der Waals surface area contributed by atoms with Crippen LogP contribution in [0.4, 0.5) is 0 Å². The van der Waals surface area contributed by atoms with E-state index in [0.717, 1.165) is 6.42 Å². The first kappa shape index (κ1) is 15.6. The van der Waals surface area contributed by atoms with Gasteiger partial charge in [-0.15, -0.1) is 0 Å². The summed E-state index contributed by atoms with van der Waals surface area (Å²) in [6.45, 7) is 3.97. The summed E-state index contributed by atoms with van der Waals surface area (Å²) in [6, 6.07) is 9.41. The van der Waals surface area contributed by atoms with E-state index < -0.39 is 0 Å². The average Bonchev–Trinajstić information content (AvgIpc) is 2.53. The third-order valence-electron chi connectivity index (χ3n) is 4.57. The van der Waals surface area contributed by atoms with Gasteiger partial charge in [0.25, 0.3) is 0 Å². The van der Waals surface area contributed by atoms with Crippen molar-refractivity contribution >= 4 is 11.0 Å². The van der Waals surface area contributed by atoms with Crippen molar-refractivity contribution in [2.75, 3.05) is 0 Å². The molecule has 0 radical (unpaired) electrons. The molecule has 0 atom stereocenters. The topological polar surface area (TPSA) is 79.9 Å². The van der Waals surface area contributed by atoms with E-state index in [2.05, 4.69) is 0 Å². The van der Waals surface area contributed by atoms with Crippen molar-refractivity contribution < 1.29 is 19.4 Å². The maximum atomic E-state index is 12.6. The minimum Gasteiger partial charge on any atom is -0.508 e. The van der Waals surface area contributed by atoms with Crippen LogP contribution >= 0.6 is 0 Å². The summed E-state index contributed by atoms with van der Waals surface area (Å²) in [5.74, 6) is 0.988. The summed E-state index contributed by atoms with van der Waals surface area (Å²) in [6.07, 6.45) is 1.40. The number of phenolic OH excluding ortho intramolecular Hbond substituents is 2. The van der Waals surface area contributed by atoms with Gasteiger partial charge in [-0.25, -0.2) is 0 Å². The molecule has 0 fully saturated rings. The Morgan fingerprint density at radius 1 is 1.08 bits per heavy atom. The van der Waals surface area contributed by atoms with Crippen LogP contribution in [0.5, 0.6) is 17.2 Å². The number of ether oxygens (including phenoxy) is 1. The zero-order chi connectivity index (χ0) is 17.8. The van der Waals surface area contributed by atoms with Gasteiger partial charge in [0.15, 0.2) is 5.43 Å². The van der Waals surface area contributed by atoms with Crippen molar-refractivity contribution in [2.24, 2.45) is 0 Å². The zero-order valence-corrected chi connectivity index (χ0v) is 14.0. The molecular formula is C20H18O5. The van der Waals surface area contributed by atoms with Gasteiger partial charge in [-0.2, -0.15) is 0 Å². The van der Waals surface area contributed by atoms with Crippen LogP contribution in [0.1, 0.15) is 25.8 Å². The minimum absolute atomic E-state index is 0.0611. The first-order valence-corrected chi connectivity index (χ1v) is 8.15. The Hall–Kier alpha value is -2.95. The molecule has 4 rings (SSSR count). The molecule has 2 N–H and O–H groups in total.